The Balaban J connectivity index is 1.72. The predicted octanol–water partition coefficient (Wildman–Crippen LogP) is 3.39. The van der Waals surface area contributed by atoms with Crippen molar-refractivity contribution in [3.63, 3.8) is 0 Å². The Labute approximate surface area is 145 Å². The molecule has 0 spiro atoms. The minimum absolute atomic E-state index is 0.119. The molecule has 0 N–H and O–H groups in total. The van der Waals surface area contributed by atoms with E-state index in [4.69, 9.17) is 9.47 Å². The van der Waals surface area contributed by atoms with Gasteiger partial charge in [-0.3, -0.25) is 9.69 Å². The quantitative estimate of drug-likeness (QED) is 0.793. The van der Waals surface area contributed by atoms with Gasteiger partial charge in [0, 0.05) is 37.3 Å². The van der Waals surface area contributed by atoms with Crippen LogP contribution in [0.3, 0.4) is 0 Å². The summed E-state index contributed by atoms with van der Waals surface area (Å²) < 4.78 is 10.9. The molecule has 2 saturated heterocycles. The molecule has 0 bridgehead atoms. The number of nitrogens with zero attached hydrogens (tertiary/aromatic N) is 1. The van der Waals surface area contributed by atoms with Crippen molar-refractivity contribution in [3.05, 3.63) is 28.8 Å². The molecule has 1 atom stereocenters. The normalized spacial score (nSPS) is 23.2. The van der Waals surface area contributed by atoms with Gasteiger partial charge in [0.05, 0.1) is 7.11 Å². The summed E-state index contributed by atoms with van der Waals surface area (Å²) in [6.07, 6.45) is 4.31. The third-order valence-electron chi connectivity index (χ3n) is 5.48. The van der Waals surface area contributed by atoms with E-state index in [0.29, 0.717) is 11.8 Å². The van der Waals surface area contributed by atoms with E-state index in [0.717, 1.165) is 74.4 Å². The van der Waals surface area contributed by atoms with Gasteiger partial charge in [-0.15, -0.1) is 0 Å². The van der Waals surface area contributed by atoms with Crippen molar-refractivity contribution < 1.29 is 14.3 Å². The maximum atomic E-state index is 13.0. The number of hydrogen-bond donors (Lipinski definition) is 0. The summed E-state index contributed by atoms with van der Waals surface area (Å²) in [5.74, 6) is 1.30. The van der Waals surface area contributed by atoms with Gasteiger partial charge >= 0.3 is 0 Å². The Kier molecular flexibility index (Phi) is 5.57. The molecule has 24 heavy (non-hydrogen) atoms. The van der Waals surface area contributed by atoms with Gasteiger partial charge in [-0.05, 0) is 69.3 Å². The van der Waals surface area contributed by atoms with Gasteiger partial charge < -0.3 is 9.47 Å². The van der Waals surface area contributed by atoms with E-state index >= 15 is 0 Å². The van der Waals surface area contributed by atoms with Crippen LogP contribution in [0.5, 0.6) is 5.75 Å². The number of rotatable bonds is 4. The number of likely N-dealkylation sites (tertiary alicyclic amines) is 1. The summed E-state index contributed by atoms with van der Waals surface area (Å²) in [6.45, 7) is 7.76. The summed E-state index contributed by atoms with van der Waals surface area (Å²) in [5, 5.41) is 0. The number of benzene rings is 1. The van der Waals surface area contributed by atoms with Crippen LogP contribution in [0, 0.1) is 19.8 Å². The Bertz CT molecular complexity index is 570. The van der Waals surface area contributed by atoms with Crippen LogP contribution < -0.4 is 4.74 Å². The van der Waals surface area contributed by atoms with Crippen LogP contribution in [0.1, 0.15) is 47.2 Å². The summed E-state index contributed by atoms with van der Waals surface area (Å²) in [4.78, 5) is 15.6. The van der Waals surface area contributed by atoms with Gasteiger partial charge in [0.1, 0.15) is 5.75 Å². The van der Waals surface area contributed by atoms with Crippen molar-refractivity contribution in [2.75, 3.05) is 33.4 Å². The standard InChI is InChI=1S/C20H29NO3/c1-14-11-17(12-15(2)20(14)23-3)19(22)16-5-4-8-21(13-16)18-6-9-24-10-7-18/h11-12,16,18H,4-10,13H2,1-3H3/t16-/m0/s1. The van der Waals surface area contributed by atoms with Crippen LogP contribution in [-0.4, -0.2) is 50.1 Å². The van der Waals surface area contributed by atoms with E-state index < -0.39 is 0 Å². The number of methoxy groups -OCH3 is 1. The molecule has 132 valence electrons. The van der Waals surface area contributed by atoms with Gasteiger partial charge in [-0.25, -0.2) is 0 Å². The molecule has 0 saturated carbocycles. The van der Waals surface area contributed by atoms with Crippen molar-refractivity contribution in [3.8, 4) is 5.75 Å². The number of ketones is 1. The summed E-state index contributed by atoms with van der Waals surface area (Å²) in [6, 6.07) is 4.57. The molecule has 2 heterocycles. The highest BCUT2D eigenvalue weighted by Crippen LogP contribution is 2.29. The van der Waals surface area contributed by atoms with Crippen LogP contribution in [0.25, 0.3) is 0 Å². The summed E-state index contributed by atoms with van der Waals surface area (Å²) in [7, 11) is 1.68. The third kappa shape index (κ3) is 3.65. The van der Waals surface area contributed by atoms with Crippen molar-refractivity contribution in [2.24, 2.45) is 5.92 Å². The van der Waals surface area contributed by atoms with E-state index in [1.807, 2.05) is 26.0 Å². The van der Waals surface area contributed by atoms with Crippen LogP contribution in [0.15, 0.2) is 12.1 Å². The maximum Gasteiger partial charge on any atom is 0.167 e. The molecule has 2 aliphatic heterocycles. The second kappa shape index (κ2) is 7.66. The minimum atomic E-state index is 0.119. The highest BCUT2D eigenvalue weighted by Gasteiger charge is 2.31. The van der Waals surface area contributed by atoms with Gasteiger partial charge in [0.25, 0.3) is 0 Å². The molecule has 4 heteroatoms. The number of hydrogen-bond acceptors (Lipinski definition) is 4. The van der Waals surface area contributed by atoms with Crippen molar-refractivity contribution in [1.29, 1.82) is 0 Å². The zero-order valence-corrected chi connectivity index (χ0v) is 15.1. The third-order valence-corrected chi connectivity index (χ3v) is 5.48. The zero-order valence-electron chi connectivity index (χ0n) is 15.1. The molecule has 0 unspecified atom stereocenters. The molecule has 1 aromatic carbocycles. The van der Waals surface area contributed by atoms with Crippen molar-refractivity contribution >= 4 is 5.78 Å². The molecule has 0 aromatic heterocycles. The molecule has 1 aromatic rings. The second-order valence-corrected chi connectivity index (χ2v) is 7.19. The number of carbonyl (C=O) groups excluding carboxylic acids is 1. The first-order valence-corrected chi connectivity index (χ1v) is 9.11. The number of carbonyl (C=O) groups is 1. The Morgan fingerprint density at radius 2 is 1.83 bits per heavy atom. The van der Waals surface area contributed by atoms with E-state index in [1.165, 1.54) is 0 Å². The molecule has 4 nitrogen and oxygen atoms in total. The SMILES string of the molecule is COc1c(C)cc(C(=O)[C@H]2CCCN(C3CCOCC3)C2)cc1C. The van der Waals surface area contributed by atoms with Crippen molar-refractivity contribution in [1.82, 2.24) is 4.90 Å². The van der Waals surface area contributed by atoms with E-state index in [2.05, 4.69) is 4.90 Å². The average Bonchev–Trinajstić information content (AvgIpc) is 2.61. The van der Waals surface area contributed by atoms with E-state index in [-0.39, 0.29) is 5.92 Å². The highest BCUT2D eigenvalue weighted by molar-refractivity contribution is 5.98. The van der Waals surface area contributed by atoms with Gasteiger partial charge in [-0.2, -0.15) is 0 Å². The second-order valence-electron chi connectivity index (χ2n) is 7.19. The molecule has 3 rings (SSSR count). The fraction of sp³-hybridized carbons (Fsp3) is 0.650. The lowest BCUT2D eigenvalue weighted by Gasteiger charge is -2.39. The monoisotopic (exact) mass is 331 g/mol. The Hall–Kier alpha value is -1.39. The highest BCUT2D eigenvalue weighted by atomic mass is 16.5. The number of ether oxygens (including phenoxy) is 2. The molecule has 2 aliphatic rings. The number of aryl methyl sites for hydroxylation is 2. The molecule has 0 radical (unpaired) electrons. The molecular formula is C20H29NO3. The maximum absolute atomic E-state index is 13.0. The van der Waals surface area contributed by atoms with Crippen LogP contribution in [-0.2, 0) is 4.74 Å². The number of piperidine rings is 1. The summed E-state index contributed by atoms with van der Waals surface area (Å²) in [5.41, 5.74) is 2.92. The van der Waals surface area contributed by atoms with E-state index in [9.17, 15) is 4.79 Å². The fourth-order valence-corrected chi connectivity index (χ4v) is 4.25. The topological polar surface area (TPSA) is 38.8 Å². The zero-order chi connectivity index (χ0) is 17.1. The van der Waals surface area contributed by atoms with Crippen LogP contribution in [0.2, 0.25) is 0 Å². The lowest BCUT2D eigenvalue weighted by Crippen LogP contribution is -2.46. The predicted molar refractivity (Wildman–Crippen MR) is 94.9 cm³/mol. The Morgan fingerprint density at radius 3 is 2.46 bits per heavy atom. The first kappa shape index (κ1) is 17.4. The lowest BCUT2D eigenvalue weighted by atomic mass is 9.87. The fourth-order valence-electron chi connectivity index (χ4n) is 4.25. The number of Topliss-reactive ketones (excluding diaryl/α,β-unsaturated/α-hetero) is 1. The van der Waals surface area contributed by atoms with Gasteiger partial charge in [0.15, 0.2) is 5.78 Å². The minimum Gasteiger partial charge on any atom is -0.496 e. The molecule has 0 amide bonds. The first-order valence-electron chi connectivity index (χ1n) is 9.11. The van der Waals surface area contributed by atoms with Crippen LogP contribution in [0.4, 0.5) is 0 Å². The lowest BCUT2D eigenvalue weighted by molar-refractivity contribution is 0.0183. The molecule has 0 aliphatic carbocycles. The molecule has 2 fully saturated rings. The van der Waals surface area contributed by atoms with Crippen LogP contribution >= 0.6 is 0 Å². The largest absolute Gasteiger partial charge is 0.496 e. The first-order chi connectivity index (χ1) is 11.6. The molecular weight excluding hydrogens is 302 g/mol. The smallest absolute Gasteiger partial charge is 0.167 e. The average molecular weight is 331 g/mol. The van der Waals surface area contributed by atoms with Crippen molar-refractivity contribution in [2.45, 2.75) is 45.6 Å². The summed E-state index contributed by atoms with van der Waals surface area (Å²) >= 11 is 0. The Morgan fingerprint density at radius 1 is 1.17 bits per heavy atom. The van der Waals surface area contributed by atoms with Gasteiger partial charge in [-0.1, -0.05) is 0 Å². The van der Waals surface area contributed by atoms with Gasteiger partial charge in [0.2, 0.25) is 0 Å². The van der Waals surface area contributed by atoms with E-state index in [1.54, 1.807) is 7.11 Å².